The van der Waals surface area contributed by atoms with Crippen LogP contribution in [0.4, 0.5) is 13.2 Å². The van der Waals surface area contributed by atoms with E-state index in [4.69, 9.17) is 4.74 Å². The number of likely N-dealkylation sites (tertiary alicyclic amines) is 1. The summed E-state index contributed by atoms with van der Waals surface area (Å²) in [5.41, 5.74) is 1.81. The van der Waals surface area contributed by atoms with Crippen molar-refractivity contribution in [1.29, 1.82) is 0 Å². The molecule has 2 aliphatic rings. The average molecular weight is 462 g/mol. The third-order valence-corrected chi connectivity index (χ3v) is 6.28. The Balaban J connectivity index is 1.26. The number of hydrogen-bond donors (Lipinski definition) is 1. The third-order valence-electron chi connectivity index (χ3n) is 6.28. The monoisotopic (exact) mass is 461 g/mol. The molecule has 4 rings (SSSR count). The van der Waals surface area contributed by atoms with E-state index in [1.165, 1.54) is 12.1 Å². The Labute approximate surface area is 192 Å². The number of piperidine rings is 1. The average Bonchev–Trinajstić information content (AvgIpc) is 2.81. The van der Waals surface area contributed by atoms with Gasteiger partial charge < -0.3 is 10.1 Å². The summed E-state index contributed by atoms with van der Waals surface area (Å²) in [4.78, 5) is 17.3. The van der Waals surface area contributed by atoms with Crippen molar-refractivity contribution in [2.75, 3.05) is 39.4 Å². The maximum atomic E-state index is 12.9. The Hall–Kier alpha value is -2.42. The van der Waals surface area contributed by atoms with Gasteiger partial charge in [-0.05, 0) is 42.2 Å². The zero-order valence-corrected chi connectivity index (χ0v) is 18.6. The van der Waals surface area contributed by atoms with E-state index >= 15 is 0 Å². The lowest BCUT2D eigenvalue weighted by atomic mass is 10.0. The molecule has 0 aliphatic carbocycles. The van der Waals surface area contributed by atoms with Gasteiger partial charge in [0.05, 0.1) is 18.8 Å². The molecule has 0 saturated carbocycles. The Bertz CT molecular complexity index is 936. The van der Waals surface area contributed by atoms with Gasteiger partial charge in [0, 0.05) is 50.9 Å². The van der Waals surface area contributed by atoms with Gasteiger partial charge in [0.15, 0.2) is 0 Å². The molecule has 0 bridgehead atoms. The van der Waals surface area contributed by atoms with Gasteiger partial charge in [0.1, 0.15) is 0 Å². The Morgan fingerprint density at radius 1 is 0.909 bits per heavy atom. The third kappa shape index (κ3) is 6.79. The molecule has 2 heterocycles. The van der Waals surface area contributed by atoms with Gasteiger partial charge in [0.2, 0.25) is 0 Å². The van der Waals surface area contributed by atoms with Crippen LogP contribution in [0.2, 0.25) is 0 Å². The van der Waals surface area contributed by atoms with Crippen molar-refractivity contribution < 1.29 is 22.7 Å². The molecular weight excluding hydrogens is 431 g/mol. The molecule has 178 valence electrons. The maximum absolute atomic E-state index is 12.9. The number of carbonyl (C=O) groups is 1. The summed E-state index contributed by atoms with van der Waals surface area (Å²) in [5, 5.41) is 3.13. The van der Waals surface area contributed by atoms with Crippen molar-refractivity contribution >= 4 is 5.91 Å². The lowest BCUT2D eigenvalue weighted by molar-refractivity contribution is -0.137. The second kappa shape index (κ2) is 10.7. The normalized spacial score (nSPS) is 18.9. The minimum Gasteiger partial charge on any atom is -0.379 e. The molecule has 2 aliphatic heterocycles. The second-order valence-corrected chi connectivity index (χ2v) is 8.81. The van der Waals surface area contributed by atoms with E-state index in [1.54, 1.807) is 6.07 Å². The van der Waals surface area contributed by atoms with Crippen molar-refractivity contribution in [2.45, 2.75) is 38.1 Å². The number of ether oxygens (including phenoxy) is 1. The van der Waals surface area contributed by atoms with Gasteiger partial charge in [-0.1, -0.05) is 30.3 Å². The number of halogens is 3. The molecule has 0 radical (unpaired) electrons. The molecule has 0 unspecified atom stereocenters. The van der Waals surface area contributed by atoms with Crippen molar-refractivity contribution in [2.24, 2.45) is 0 Å². The Morgan fingerprint density at radius 3 is 2.18 bits per heavy atom. The van der Waals surface area contributed by atoms with E-state index in [9.17, 15) is 18.0 Å². The predicted octanol–water partition coefficient (Wildman–Crippen LogP) is 3.93. The van der Waals surface area contributed by atoms with Gasteiger partial charge in [0.25, 0.3) is 5.91 Å². The van der Waals surface area contributed by atoms with Gasteiger partial charge in [-0.2, -0.15) is 13.2 Å². The van der Waals surface area contributed by atoms with Crippen molar-refractivity contribution in [3.05, 3.63) is 70.8 Å². The van der Waals surface area contributed by atoms with Crippen LogP contribution in [0, 0.1) is 0 Å². The lowest BCUT2D eigenvalue weighted by Gasteiger charge is -2.32. The Morgan fingerprint density at radius 2 is 1.52 bits per heavy atom. The molecule has 0 aromatic heterocycles. The first-order valence-electron chi connectivity index (χ1n) is 11.5. The molecular formula is C25H30F3N3O2. The number of alkyl halides is 3. The topological polar surface area (TPSA) is 44.8 Å². The lowest BCUT2D eigenvalue weighted by Crippen LogP contribution is -2.44. The van der Waals surface area contributed by atoms with Gasteiger partial charge in [-0.25, -0.2) is 0 Å². The molecule has 33 heavy (non-hydrogen) atoms. The summed E-state index contributed by atoms with van der Waals surface area (Å²) >= 11 is 0. The van der Waals surface area contributed by atoms with Crippen molar-refractivity contribution in [1.82, 2.24) is 15.1 Å². The van der Waals surface area contributed by atoms with Crippen LogP contribution in [0.25, 0.3) is 0 Å². The van der Waals surface area contributed by atoms with E-state index < -0.39 is 11.7 Å². The van der Waals surface area contributed by atoms with Crippen molar-refractivity contribution in [3.63, 3.8) is 0 Å². The van der Waals surface area contributed by atoms with E-state index in [0.29, 0.717) is 17.7 Å². The first-order valence-corrected chi connectivity index (χ1v) is 11.5. The molecule has 0 spiro atoms. The molecule has 2 aromatic rings. The summed E-state index contributed by atoms with van der Waals surface area (Å²) in [6.45, 7) is 6.04. The number of hydrogen-bond acceptors (Lipinski definition) is 4. The number of morpholine rings is 1. The van der Waals surface area contributed by atoms with Crippen LogP contribution in [0.5, 0.6) is 0 Å². The largest absolute Gasteiger partial charge is 0.416 e. The van der Waals surface area contributed by atoms with E-state index in [-0.39, 0.29) is 11.9 Å². The summed E-state index contributed by atoms with van der Waals surface area (Å²) in [7, 11) is 0. The Kier molecular flexibility index (Phi) is 7.67. The predicted molar refractivity (Wildman–Crippen MR) is 120 cm³/mol. The van der Waals surface area contributed by atoms with Crippen LogP contribution >= 0.6 is 0 Å². The first kappa shape index (κ1) is 23.7. The number of nitrogens with one attached hydrogen (secondary N) is 1. The van der Waals surface area contributed by atoms with Crippen LogP contribution in [0.1, 0.15) is 39.9 Å². The highest BCUT2D eigenvalue weighted by Crippen LogP contribution is 2.30. The summed E-state index contributed by atoms with van der Waals surface area (Å²) < 4.78 is 44.2. The van der Waals surface area contributed by atoms with Crippen LogP contribution in [-0.2, 0) is 24.0 Å². The molecule has 5 nitrogen and oxygen atoms in total. The zero-order chi connectivity index (χ0) is 23.3. The smallest absolute Gasteiger partial charge is 0.379 e. The highest BCUT2D eigenvalue weighted by molar-refractivity contribution is 5.94. The van der Waals surface area contributed by atoms with Gasteiger partial charge in [-0.3, -0.25) is 14.6 Å². The van der Waals surface area contributed by atoms with Crippen molar-refractivity contribution in [3.8, 4) is 0 Å². The second-order valence-electron chi connectivity index (χ2n) is 8.81. The minimum absolute atomic E-state index is 0.0677. The first-order chi connectivity index (χ1) is 15.9. The number of nitrogens with zero attached hydrogens (tertiary/aromatic N) is 2. The fraction of sp³-hybridized carbons (Fsp3) is 0.480. The number of rotatable bonds is 6. The standard InChI is InChI=1S/C25H30F3N3O2/c26-25(27,28)22-6-2-4-20(16-22)18-30-9-7-23(8-10-30)29-24(32)21-5-1-3-19(15-21)17-31-11-13-33-14-12-31/h1-6,15-16,23H,7-14,17-18H2,(H,29,32). The maximum Gasteiger partial charge on any atom is 0.416 e. The van der Waals surface area contributed by atoms with Gasteiger partial charge in [-0.15, -0.1) is 0 Å². The molecule has 1 N–H and O–H groups in total. The summed E-state index contributed by atoms with van der Waals surface area (Å²) in [5.74, 6) is -0.0739. The number of benzene rings is 2. The van der Waals surface area contributed by atoms with E-state index in [0.717, 1.165) is 70.4 Å². The van der Waals surface area contributed by atoms with Crippen LogP contribution in [0.3, 0.4) is 0 Å². The van der Waals surface area contributed by atoms with Gasteiger partial charge >= 0.3 is 6.18 Å². The molecule has 2 aromatic carbocycles. The van der Waals surface area contributed by atoms with E-state index in [1.807, 2.05) is 24.3 Å². The highest BCUT2D eigenvalue weighted by Gasteiger charge is 2.30. The highest BCUT2D eigenvalue weighted by atomic mass is 19.4. The molecule has 0 atom stereocenters. The van der Waals surface area contributed by atoms with Crippen LogP contribution < -0.4 is 5.32 Å². The number of carbonyl (C=O) groups excluding carboxylic acids is 1. The zero-order valence-electron chi connectivity index (χ0n) is 18.6. The molecule has 2 fully saturated rings. The summed E-state index contributed by atoms with van der Waals surface area (Å²) in [6, 6.07) is 13.3. The summed E-state index contributed by atoms with van der Waals surface area (Å²) in [6.07, 6.45) is -2.77. The molecule has 1 amide bonds. The minimum atomic E-state index is -4.33. The van der Waals surface area contributed by atoms with E-state index in [2.05, 4.69) is 15.1 Å². The number of amides is 1. The quantitative estimate of drug-likeness (QED) is 0.708. The fourth-order valence-electron chi connectivity index (χ4n) is 4.44. The van der Waals surface area contributed by atoms with Crippen LogP contribution in [-0.4, -0.2) is 61.1 Å². The van der Waals surface area contributed by atoms with Crippen LogP contribution in [0.15, 0.2) is 48.5 Å². The SMILES string of the molecule is O=C(NC1CCN(Cc2cccc(C(F)(F)F)c2)CC1)c1cccc(CN2CCOCC2)c1. The molecule has 2 saturated heterocycles. The fourth-order valence-corrected chi connectivity index (χ4v) is 4.44. The molecule has 8 heteroatoms.